The Morgan fingerprint density at radius 1 is 1.44 bits per heavy atom. The van der Waals surface area contributed by atoms with E-state index in [1.807, 2.05) is 24.2 Å². The van der Waals surface area contributed by atoms with E-state index in [1.165, 1.54) is 4.88 Å². The Morgan fingerprint density at radius 3 is 2.67 bits per heavy atom. The normalized spacial score (nSPS) is 13.2. The van der Waals surface area contributed by atoms with E-state index in [4.69, 9.17) is 11.6 Å². The topological polar surface area (TPSA) is 42.7 Å². The standard InChI is InChI=1S/C12H17ClN4S/c1-7(2)17-11(9(13)5-16-17)10(14-4)12-8(3)15-6-18-12/h5-7,10,14H,1-4H3. The number of thiazole rings is 1. The number of hydrogen-bond donors (Lipinski definition) is 1. The summed E-state index contributed by atoms with van der Waals surface area (Å²) in [6.07, 6.45) is 1.71. The molecule has 0 saturated heterocycles. The third-order valence-corrected chi connectivity index (χ3v) is 4.17. The van der Waals surface area contributed by atoms with Gasteiger partial charge in [-0.1, -0.05) is 11.6 Å². The molecule has 1 atom stereocenters. The maximum absolute atomic E-state index is 6.29. The minimum atomic E-state index is 0.0369. The average molecular weight is 285 g/mol. The first kappa shape index (κ1) is 13.5. The minimum Gasteiger partial charge on any atom is -0.307 e. The summed E-state index contributed by atoms with van der Waals surface area (Å²) >= 11 is 7.93. The molecule has 1 N–H and O–H groups in total. The van der Waals surface area contributed by atoms with Crippen molar-refractivity contribution < 1.29 is 0 Å². The Balaban J connectivity index is 2.52. The van der Waals surface area contributed by atoms with Crippen LogP contribution < -0.4 is 5.32 Å². The summed E-state index contributed by atoms with van der Waals surface area (Å²) in [7, 11) is 1.93. The smallest absolute Gasteiger partial charge is 0.0873 e. The highest BCUT2D eigenvalue weighted by molar-refractivity contribution is 7.09. The van der Waals surface area contributed by atoms with Crippen LogP contribution in [0, 0.1) is 6.92 Å². The van der Waals surface area contributed by atoms with Crippen LogP contribution in [0.1, 0.15) is 42.2 Å². The predicted molar refractivity (Wildman–Crippen MR) is 75.4 cm³/mol. The second kappa shape index (κ2) is 5.38. The molecule has 18 heavy (non-hydrogen) atoms. The van der Waals surface area contributed by atoms with Gasteiger partial charge in [-0.3, -0.25) is 4.68 Å². The number of nitrogens with zero attached hydrogens (tertiary/aromatic N) is 3. The third-order valence-electron chi connectivity index (χ3n) is 2.88. The second-order valence-electron chi connectivity index (χ2n) is 4.44. The van der Waals surface area contributed by atoms with Gasteiger partial charge >= 0.3 is 0 Å². The lowest BCUT2D eigenvalue weighted by molar-refractivity contribution is 0.485. The van der Waals surface area contributed by atoms with Gasteiger partial charge < -0.3 is 5.32 Å². The van der Waals surface area contributed by atoms with Crippen molar-refractivity contribution in [2.75, 3.05) is 7.05 Å². The zero-order chi connectivity index (χ0) is 13.3. The molecule has 0 aliphatic heterocycles. The lowest BCUT2D eigenvalue weighted by Crippen LogP contribution is -2.22. The van der Waals surface area contributed by atoms with Crippen LogP contribution in [0.2, 0.25) is 5.02 Å². The average Bonchev–Trinajstić information content (AvgIpc) is 2.89. The van der Waals surface area contributed by atoms with E-state index < -0.39 is 0 Å². The van der Waals surface area contributed by atoms with Crippen LogP contribution in [-0.4, -0.2) is 21.8 Å². The van der Waals surface area contributed by atoms with E-state index in [9.17, 15) is 0 Å². The maximum Gasteiger partial charge on any atom is 0.0873 e. The van der Waals surface area contributed by atoms with E-state index in [1.54, 1.807) is 17.5 Å². The molecule has 2 heterocycles. The summed E-state index contributed by atoms with van der Waals surface area (Å²) in [5.74, 6) is 0. The van der Waals surface area contributed by atoms with Crippen molar-refractivity contribution >= 4 is 22.9 Å². The van der Waals surface area contributed by atoms with E-state index in [0.29, 0.717) is 5.02 Å². The van der Waals surface area contributed by atoms with Gasteiger partial charge in [0.2, 0.25) is 0 Å². The Morgan fingerprint density at radius 2 is 2.17 bits per heavy atom. The highest BCUT2D eigenvalue weighted by atomic mass is 35.5. The highest BCUT2D eigenvalue weighted by Crippen LogP contribution is 2.33. The summed E-state index contributed by atoms with van der Waals surface area (Å²) in [6, 6.07) is 0.312. The van der Waals surface area contributed by atoms with Gasteiger partial charge in [-0.05, 0) is 27.8 Å². The molecule has 0 saturated carbocycles. The predicted octanol–water partition coefficient (Wildman–Crippen LogP) is 3.19. The second-order valence-corrected chi connectivity index (χ2v) is 5.73. The highest BCUT2D eigenvalue weighted by Gasteiger charge is 2.24. The van der Waals surface area contributed by atoms with Crippen molar-refractivity contribution in [3.8, 4) is 0 Å². The number of hydrogen-bond acceptors (Lipinski definition) is 4. The fourth-order valence-electron chi connectivity index (χ4n) is 2.01. The number of halogens is 1. The molecular weight excluding hydrogens is 268 g/mol. The fourth-order valence-corrected chi connectivity index (χ4v) is 3.16. The zero-order valence-electron chi connectivity index (χ0n) is 10.9. The van der Waals surface area contributed by atoms with Crippen molar-refractivity contribution in [2.24, 2.45) is 0 Å². The van der Waals surface area contributed by atoms with Gasteiger partial charge in [0.25, 0.3) is 0 Å². The van der Waals surface area contributed by atoms with Crippen molar-refractivity contribution in [3.63, 3.8) is 0 Å². The molecule has 2 aromatic rings. The molecule has 6 heteroatoms. The van der Waals surface area contributed by atoms with Crippen molar-refractivity contribution in [1.29, 1.82) is 0 Å². The minimum absolute atomic E-state index is 0.0369. The SMILES string of the molecule is CNC(c1scnc1C)c1c(Cl)cnn1C(C)C. The van der Waals surface area contributed by atoms with Crippen LogP contribution in [0.25, 0.3) is 0 Å². The molecule has 2 rings (SSSR count). The molecular formula is C12H17ClN4S. The number of aromatic nitrogens is 3. The number of rotatable bonds is 4. The quantitative estimate of drug-likeness (QED) is 0.938. The molecule has 0 fully saturated rings. The van der Waals surface area contributed by atoms with E-state index in [0.717, 1.165) is 11.4 Å². The Labute approximate surface area is 116 Å². The monoisotopic (exact) mass is 284 g/mol. The molecule has 0 aromatic carbocycles. The summed E-state index contributed by atoms with van der Waals surface area (Å²) in [5.41, 5.74) is 3.90. The van der Waals surface area contributed by atoms with E-state index >= 15 is 0 Å². The van der Waals surface area contributed by atoms with Crippen molar-refractivity contribution in [2.45, 2.75) is 32.9 Å². The van der Waals surface area contributed by atoms with Gasteiger partial charge in [0.05, 0.1) is 39.0 Å². The van der Waals surface area contributed by atoms with Gasteiger partial charge in [-0.25, -0.2) is 4.98 Å². The van der Waals surface area contributed by atoms with Crippen LogP contribution >= 0.6 is 22.9 Å². The maximum atomic E-state index is 6.29. The largest absolute Gasteiger partial charge is 0.307 e. The van der Waals surface area contributed by atoms with Gasteiger partial charge in [0.15, 0.2) is 0 Å². The summed E-state index contributed by atoms with van der Waals surface area (Å²) < 4.78 is 1.96. The molecule has 4 nitrogen and oxygen atoms in total. The van der Waals surface area contributed by atoms with E-state index in [2.05, 4.69) is 29.2 Å². The Hall–Kier alpha value is -0.910. The molecule has 2 aromatic heterocycles. The third kappa shape index (κ3) is 2.30. The Bertz CT molecular complexity index is 532. The molecule has 98 valence electrons. The molecule has 0 amide bonds. The fraction of sp³-hybridized carbons (Fsp3) is 0.500. The number of aryl methyl sites for hydroxylation is 1. The first-order valence-electron chi connectivity index (χ1n) is 5.86. The van der Waals surface area contributed by atoms with Crippen LogP contribution in [0.3, 0.4) is 0 Å². The van der Waals surface area contributed by atoms with Gasteiger partial charge in [0, 0.05) is 6.04 Å². The summed E-state index contributed by atoms with van der Waals surface area (Å²) in [4.78, 5) is 5.49. The molecule has 0 bridgehead atoms. The molecule has 0 aliphatic rings. The van der Waals surface area contributed by atoms with Gasteiger partial charge in [0.1, 0.15) is 0 Å². The summed E-state index contributed by atoms with van der Waals surface area (Å²) in [5, 5.41) is 8.35. The van der Waals surface area contributed by atoms with Crippen molar-refractivity contribution in [3.05, 3.63) is 33.0 Å². The van der Waals surface area contributed by atoms with Gasteiger partial charge in [-0.15, -0.1) is 11.3 Å². The molecule has 1 unspecified atom stereocenters. The molecule has 0 spiro atoms. The van der Waals surface area contributed by atoms with Crippen LogP contribution in [0.5, 0.6) is 0 Å². The van der Waals surface area contributed by atoms with Crippen LogP contribution in [-0.2, 0) is 0 Å². The first-order valence-corrected chi connectivity index (χ1v) is 7.12. The van der Waals surface area contributed by atoms with E-state index in [-0.39, 0.29) is 12.1 Å². The zero-order valence-corrected chi connectivity index (χ0v) is 12.5. The summed E-state index contributed by atoms with van der Waals surface area (Å²) in [6.45, 7) is 6.21. The first-order chi connectivity index (χ1) is 8.56. The lowest BCUT2D eigenvalue weighted by Gasteiger charge is -2.20. The van der Waals surface area contributed by atoms with Gasteiger partial charge in [-0.2, -0.15) is 5.10 Å². The van der Waals surface area contributed by atoms with Crippen LogP contribution in [0.15, 0.2) is 11.7 Å². The molecule has 0 radical (unpaired) electrons. The lowest BCUT2D eigenvalue weighted by atomic mass is 10.1. The van der Waals surface area contributed by atoms with Crippen LogP contribution in [0.4, 0.5) is 0 Å². The van der Waals surface area contributed by atoms with Crippen molar-refractivity contribution in [1.82, 2.24) is 20.1 Å². The number of nitrogens with one attached hydrogen (secondary N) is 1. The molecule has 0 aliphatic carbocycles. The Kier molecular flexibility index (Phi) is 4.04.